The van der Waals surface area contributed by atoms with Gasteiger partial charge >= 0.3 is 0 Å². The van der Waals surface area contributed by atoms with Gasteiger partial charge in [-0.25, -0.2) is 0 Å². The number of carbonyl (C=O) groups is 2. The highest BCUT2D eigenvalue weighted by Crippen LogP contribution is 2.16. The number of hydrogen-bond donors (Lipinski definition) is 1. The van der Waals surface area contributed by atoms with Crippen LogP contribution >= 0.6 is 0 Å². The van der Waals surface area contributed by atoms with Crippen LogP contribution in [0.1, 0.15) is 60.2 Å². The zero-order valence-electron chi connectivity index (χ0n) is 14.7. The van der Waals surface area contributed by atoms with E-state index in [0.29, 0.717) is 37.1 Å². The Hall–Kier alpha value is -1.88. The molecule has 132 valence electrons. The first-order valence-electron chi connectivity index (χ1n) is 8.93. The highest BCUT2D eigenvalue weighted by molar-refractivity contribution is 5.99. The maximum atomic E-state index is 12.7. The van der Waals surface area contributed by atoms with Gasteiger partial charge in [0.2, 0.25) is 0 Å². The Bertz CT molecular complexity index is 559. The lowest BCUT2D eigenvalue weighted by atomic mass is 10.0. The number of likely N-dealkylation sites (tertiary alicyclic amines) is 1. The van der Waals surface area contributed by atoms with E-state index in [-0.39, 0.29) is 17.9 Å². The van der Waals surface area contributed by atoms with Crippen molar-refractivity contribution >= 4 is 11.8 Å². The maximum absolute atomic E-state index is 12.7. The first kappa shape index (κ1) is 18.5. The van der Waals surface area contributed by atoms with Gasteiger partial charge in [-0.3, -0.25) is 9.59 Å². The Kier molecular flexibility index (Phi) is 6.79. The van der Waals surface area contributed by atoms with E-state index in [1.165, 1.54) is 0 Å². The molecule has 1 aliphatic rings. The normalized spacial score (nSPS) is 15.4. The Labute approximate surface area is 144 Å². The third-order valence-corrected chi connectivity index (χ3v) is 4.38. The van der Waals surface area contributed by atoms with Crippen molar-refractivity contribution in [3.63, 3.8) is 0 Å². The number of benzene rings is 1. The van der Waals surface area contributed by atoms with Gasteiger partial charge in [0.15, 0.2) is 0 Å². The average Bonchev–Trinajstić information content (AvgIpc) is 2.61. The van der Waals surface area contributed by atoms with Crippen LogP contribution in [0.2, 0.25) is 0 Å². The minimum atomic E-state index is -0.307. The van der Waals surface area contributed by atoms with Gasteiger partial charge in [-0.15, -0.1) is 0 Å². The fourth-order valence-corrected chi connectivity index (χ4v) is 3.07. The van der Waals surface area contributed by atoms with Gasteiger partial charge in [0, 0.05) is 37.3 Å². The Morgan fingerprint density at radius 3 is 2.29 bits per heavy atom. The molecule has 5 heteroatoms. The van der Waals surface area contributed by atoms with Crippen molar-refractivity contribution in [3.05, 3.63) is 35.4 Å². The molecule has 0 aliphatic carbocycles. The van der Waals surface area contributed by atoms with Crippen LogP contribution in [0.25, 0.3) is 0 Å². The largest absolute Gasteiger partial charge is 0.393 e. The molecule has 1 aromatic rings. The molecule has 0 bridgehead atoms. The summed E-state index contributed by atoms with van der Waals surface area (Å²) in [6, 6.07) is 7.01. The smallest absolute Gasteiger partial charge is 0.253 e. The zero-order valence-corrected chi connectivity index (χ0v) is 14.7. The molecule has 1 aromatic carbocycles. The summed E-state index contributed by atoms with van der Waals surface area (Å²) < 4.78 is 0. The maximum Gasteiger partial charge on any atom is 0.253 e. The summed E-state index contributed by atoms with van der Waals surface area (Å²) in [6.45, 7) is 6.71. The summed E-state index contributed by atoms with van der Waals surface area (Å²) in [7, 11) is 0. The number of aliphatic hydroxyl groups excluding tert-OH is 1. The number of aliphatic hydroxyl groups is 1. The van der Waals surface area contributed by atoms with E-state index in [1.807, 2.05) is 4.90 Å². The second-order valence-corrected chi connectivity index (χ2v) is 6.40. The van der Waals surface area contributed by atoms with Gasteiger partial charge in [-0.1, -0.05) is 19.9 Å². The van der Waals surface area contributed by atoms with Crippen LogP contribution < -0.4 is 0 Å². The van der Waals surface area contributed by atoms with Crippen LogP contribution in [-0.2, 0) is 0 Å². The molecule has 1 heterocycles. The minimum Gasteiger partial charge on any atom is -0.393 e. The Morgan fingerprint density at radius 1 is 1.12 bits per heavy atom. The van der Waals surface area contributed by atoms with Crippen LogP contribution in [0.3, 0.4) is 0 Å². The first-order valence-corrected chi connectivity index (χ1v) is 8.93. The Morgan fingerprint density at radius 2 is 1.71 bits per heavy atom. The molecular formula is C19H28N2O3. The zero-order chi connectivity index (χ0) is 17.5. The third-order valence-electron chi connectivity index (χ3n) is 4.38. The number of nitrogens with zero attached hydrogens (tertiary/aromatic N) is 2. The van der Waals surface area contributed by atoms with E-state index >= 15 is 0 Å². The van der Waals surface area contributed by atoms with Crippen molar-refractivity contribution in [1.82, 2.24) is 9.80 Å². The molecule has 2 amide bonds. The van der Waals surface area contributed by atoms with E-state index < -0.39 is 0 Å². The highest BCUT2D eigenvalue weighted by atomic mass is 16.3. The summed E-state index contributed by atoms with van der Waals surface area (Å²) in [5, 5.41) is 9.57. The predicted octanol–water partition coefficient (Wildman–Crippen LogP) is 2.55. The van der Waals surface area contributed by atoms with Crippen molar-refractivity contribution in [2.45, 2.75) is 45.6 Å². The molecule has 0 unspecified atom stereocenters. The van der Waals surface area contributed by atoms with E-state index in [9.17, 15) is 14.7 Å². The van der Waals surface area contributed by atoms with Gasteiger partial charge in [-0.2, -0.15) is 0 Å². The Balaban J connectivity index is 2.12. The third kappa shape index (κ3) is 4.57. The average molecular weight is 332 g/mol. The van der Waals surface area contributed by atoms with E-state index in [1.54, 1.807) is 29.2 Å². The van der Waals surface area contributed by atoms with Crippen LogP contribution in [0.15, 0.2) is 24.3 Å². The van der Waals surface area contributed by atoms with Gasteiger partial charge < -0.3 is 14.9 Å². The minimum absolute atomic E-state index is 0.0117. The van der Waals surface area contributed by atoms with Crippen molar-refractivity contribution in [1.29, 1.82) is 0 Å². The highest BCUT2D eigenvalue weighted by Gasteiger charge is 2.23. The molecule has 0 atom stereocenters. The van der Waals surface area contributed by atoms with Gasteiger partial charge in [0.05, 0.1) is 6.10 Å². The standard InChI is InChI=1S/C19H28N2O3/c1-3-10-20(11-4-2)18(23)15-6-5-7-16(14-15)19(24)21-12-8-17(22)9-13-21/h5-7,14,17,22H,3-4,8-13H2,1-2H3. The van der Waals surface area contributed by atoms with E-state index in [0.717, 1.165) is 25.9 Å². The second kappa shape index (κ2) is 8.83. The molecule has 0 saturated carbocycles. The topological polar surface area (TPSA) is 60.9 Å². The molecule has 5 nitrogen and oxygen atoms in total. The number of carbonyl (C=O) groups excluding carboxylic acids is 2. The lowest BCUT2D eigenvalue weighted by molar-refractivity contribution is 0.0546. The monoisotopic (exact) mass is 332 g/mol. The van der Waals surface area contributed by atoms with Crippen molar-refractivity contribution in [3.8, 4) is 0 Å². The molecule has 2 rings (SSSR count). The molecule has 24 heavy (non-hydrogen) atoms. The number of rotatable bonds is 6. The summed E-state index contributed by atoms with van der Waals surface area (Å²) >= 11 is 0. The molecule has 1 fully saturated rings. The van der Waals surface area contributed by atoms with Crippen molar-refractivity contribution in [2.75, 3.05) is 26.2 Å². The van der Waals surface area contributed by atoms with E-state index in [4.69, 9.17) is 0 Å². The van der Waals surface area contributed by atoms with Crippen LogP contribution in [-0.4, -0.2) is 59.0 Å². The summed E-state index contributed by atoms with van der Waals surface area (Å²) in [4.78, 5) is 28.9. The summed E-state index contributed by atoms with van der Waals surface area (Å²) in [6.07, 6.45) is 2.76. The molecule has 1 saturated heterocycles. The fraction of sp³-hybridized carbons (Fsp3) is 0.579. The molecule has 0 spiro atoms. The number of amides is 2. The SMILES string of the molecule is CCCN(CCC)C(=O)c1cccc(C(=O)N2CCC(O)CC2)c1. The molecule has 1 aliphatic heterocycles. The first-order chi connectivity index (χ1) is 11.6. The lowest BCUT2D eigenvalue weighted by Gasteiger charge is -2.29. The van der Waals surface area contributed by atoms with Gasteiger partial charge in [-0.05, 0) is 43.9 Å². The number of hydrogen-bond acceptors (Lipinski definition) is 3. The van der Waals surface area contributed by atoms with E-state index in [2.05, 4.69) is 13.8 Å². The lowest BCUT2D eigenvalue weighted by Crippen LogP contribution is -2.40. The van der Waals surface area contributed by atoms with Crippen LogP contribution in [0.5, 0.6) is 0 Å². The molecular weight excluding hydrogens is 304 g/mol. The van der Waals surface area contributed by atoms with Crippen molar-refractivity contribution in [2.24, 2.45) is 0 Å². The molecule has 1 N–H and O–H groups in total. The summed E-state index contributed by atoms with van der Waals surface area (Å²) in [5.41, 5.74) is 1.12. The van der Waals surface area contributed by atoms with Crippen LogP contribution in [0.4, 0.5) is 0 Å². The van der Waals surface area contributed by atoms with Gasteiger partial charge in [0.25, 0.3) is 11.8 Å². The van der Waals surface area contributed by atoms with Crippen LogP contribution in [0, 0.1) is 0 Å². The predicted molar refractivity (Wildman–Crippen MR) is 94.1 cm³/mol. The van der Waals surface area contributed by atoms with Gasteiger partial charge in [0.1, 0.15) is 0 Å². The van der Waals surface area contributed by atoms with Crippen molar-refractivity contribution < 1.29 is 14.7 Å². The molecule has 0 radical (unpaired) electrons. The fourth-order valence-electron chi connectivity index (χ4n) is 3.07. The molecule has 0 aromatic heterocycles. The quantitative estimate of drug-likeness (QED) is 0.871. The number of piperidine rings is 1. The second-order valence-electron chi connectivity index (χ2n) is 6.40. The summed E-state index contributed by atoms with van der Waals surface area (Å²) in [5.74, 6) is -0.0727.